The number of rotatable bonds is 2. The first-order valence-electron chi connectivity index (χ1n) is 6.29. The second-order valence-electron chi connectivity index (χ2n) is 4.60. The number of benzene rings is 1. The molecule has 4 heteroatoms. The molecule has 0 unspecified atom stereocenters. The Kier molecular flexibility index (Phi) is 2.50. The molecule has 0 N–H and O–H groups in total. The molecule has 98 valence electrons. The van der Waals surface area contributed by atoms with E-state index in [2.05, 4.69) is 18.0 Å². The van der Waals surface area contributed by atoms with Crippen LogP contribution in [0.2, 0.25) is 0 Å². The van der Waals surface area contributed by atoms with Crippen LogP contribution in [0.3, 0.4) is 0 Å². The maximum atomic E-state index is 5.94. The van der Waals surface area contributed by atoms with Crippen LogP contribution in [0.15, 0.2) is 57.1 Å². The Morgan fingerprint density at radius 2 is 2.05 bits per heavy atom. The van der Waals surface area contributed by atoms with E-state index in [4.69, 9.17) is 8.83 Å². The second-order valence-corrected chi connectivity index (χ2v) is 5.46. The van der Waals surface area contributed by atoms with E-state index in [1.54, 1.807) is 23.9 Å². The summed E-state index contributed by atoms with van der Waals surface area (Å²) in [5.41, 5.74) is 3.90. The van der Waals surface area contributed by atoms with E-state index in [9.17, 15) is 0 Å². The molecule has 0 bridgehead atoms. The fourth-order valence-corrected chi connectivity index (χ4v) is 3.10. The van der Waals surface area contributed by atoms with Gasteiger partial charge in [0.2, 0.25) is 0 Å². The highest BCUT2D eigenvalue weighted by Crippen LogP contribution is 2.35. The molecule has 4 aromatic rings. The van der Waals surface area contributed by atoms with Crippen LogP contribution in [0.25, 0.3) is 33.0 Å². The zero-order valence-electron chi connectivity index (χ0n) is 10.8. The maximum absolute atomic E-state index is 5.94. The lowest BCUT2D eigenvalue weighted by atomic mass is 10.1. The van der Waals surface area contributed by atoms with Gasteiger partial charge in [-0.05, 0) is 19.1 Å². The largest absolute Gasteiger partial charge is 0.472 e. The van der Waals surface area contributed by atoms with Crippen LogP contribution in [0.1, 0.15) is 5.56 Å². The monoisotopic (exact) mass is 281 g/mol. The van der Waals surface area contributed by atoms with E-state index >= 15 is 0 Å². The topological polar surface area (TPSA) is 39.2 Å². The summed E-state index contributed by atoms with van der Waals surface area (Å²) in [6.07, 6.45) is 3.36. The summed E-state index contributed by atoms with van der Waals surface area (Å²) in [7, 11) is 0. The van der Waals surface area contributed by atoms with E-state index in [0.717, 1.165) is 38.6 Å². The molecule has 0 atom stereocenters. The molecular weight excluding hydrogens is 270 g/mol. The van der Waals surface area contributed by atoms with Gasteiger partial charge in [0, 0.05) is 21.9 Å². The average Bonchev–Trinajstić information content (AvgIpc) is 3.17. The van der Waals surface area contributed by atoms with E-state index in [0.29, 0.717) is 0 Å². The van der Waals surface area contributed by atoms with Crippen LogP contribution in [-0.2, 0) is 0 Å². The molecule has 0 spiro atoms. The fraction of sp³-hybridized carbons (Fsp3) is 0.0625. The van der Waals surface area contributed by atoms with Gasteiger partial charge in [0.15, 0.2) is 5.76 Å². The number of aromatic nitrogens is 1. The summed E-state index contributed by atoms with van der Waals surface area (Å²) < 4.78 is 11.0. The average molecular weight is 281 g/mol. The van der Waals surface area contributed by atoms with E-state index in [-0.39, 0.29) is 0 Å². The van der Waals surface area contributed by atoms with Crippen molar-refractivity contribution in [1.29, 1.82) is 0 Å². The first-order valence-corrected chi connectivity index (χ1v) is 7.17. The molecule has 20 heavy (non-hydrogen) atoms. The second kappa shape index (κ2) is 4.35. The summed E-state index contributed by atoms with van der Waals surface area (Å²) in [6, 6.07) is 9.96. The summed E-state index contributed by atoms with van der Waals surface area (Å²) in [6.45, 7) is 2.07. The lowest BCUT2D eigenvalue weighted by Crippen LogP contribution is -1.78. The van der Waals surface area contributed by atoms with Crippen molar-refractivity contribution in [2.45, 2.75) is 6.92 Å². The number of hydrogen-bond acceptors (Lipinski definition) is 4. The molecule has 0 aliphatic carbocycles. The highest BCUT2D eigenvalue weighted by Gasteiger charge is 2.15. The van der Waals surface area contributed by atoms with Crippen molar-refractivity contribution in [1.82, 2.24) is 4.98 Å². The van der Waals surface area contributed by atoms with E-state index < -0.39 is 0 Å². The molecule has 0 saturated carbocycles. The molecule has 0 aliphatic heterocycles. The van der Waals surface area contributed by atoms with Crippen molar-refractivity contribution in [2.75, 3.05) is 0 Å². The molecular formula is C16H11NO2S. The van der Waals surface area contributed by atoms with Crippen LogP contribution >= 0.6 is 11.3 Å². The van der Waals surface area contributed by atoms with Crippen LogP contribution in [0, 0.1) is 6.92 Å². The SMILES string of the molecule is Cc1c(-c2csc(-c3ccoc3)n2)oc2ccccc12. The molecule has 0 amide bonds. The fourth-order valence-electron chi connectivity index (χ4n) is 2.32. The summed E-state index contributed by atoms with van der Waals surface area (Å²) >= 11 is 1.59. The van der Waals surface area contributed by atoms with Crippen molar-refractivity contribution in [3.63, 3.8) is 0 Å². The van der Waals surface area contributed by atoms with E-state index in [1.807, 2.05) is 29.6 Å². The molecule has 0 fully saturated rings. The Balaban J connectivity index is 1.85. The van der Waals surface area contributed by atoms with Crippen LogP contribution in [0.5, 0.6) is 0 Å². The van der Waals surface area contributed by atoms with Crippen molar-refractivity contribution >= 4 is 22.3 Å². The number of fused-ring (bicyclic) bond motifs is 1. The maximum Gasteiger partial charge on any atom is 0.157 e. The number of thiazole rings is 1. The Morgan fingerprint density at radius 1 is 1.15 bits per heavy atom. The summed E-state index contributed by atoms with van der Waals surface area (Å²) in [5, 5.41) is 4.10. The number of aryl methyl sites for hydroxylation is 1. The molecule has 0 saturated heterocycles. The van der Waals surface area contributed by atoms with Crippen molar-refractivity contribution in [3.05, 3.63) is 53.8 Å². The predicted octanol–water partition coefficient (Wildman–Crippen LogP) is 5.12. The first-order chi connectivity index (χ1) is 9.83. The molecule has 1 aromatic carbocycles. The molecule has 4 rings (SSSR count). The minimum atomic E-state index is 0.845. The van der Waals surface area contributed by atoms with Crippen molar-refractivity contribution in [3.8, 4) is 22.0 Å². The molecule has 3 heterocycles. The van der Waals surface area contributed by atoms with Crippen LogP contribution in [0.4, 0.5) is 0 Å². The smallest absolute Gasteiger partial charge is 0.157 e. The molecule has 3 aromatic heterocycles. The highest BCUT2D eigenvalue weighted by atomic mass is 32.1. The Bertz CT molecular complexity index is 871. The van der Waals surface area contributed by atoms with Crippen LogP contribution < -0.4 is 0 Å². The van der Waals surface area contributed by atoms with Crippen molar-refractivity contribution < 1.29 is 8.83 Å². The van der Waals surface area contributed by atoms with Gasteiger partial charge in [-0.15, -0.1) is 11.3 Å². The highest BCUT2D eigenvalue weighted by molar-refractivity contribution is 7.13. The third kappa shape index (κ3) is 1.69. The van der Waals surface area contributed by atoms with Gasteiger partial charge in [0.1, 0.15) is 22.5 Å². The van der Waals surface area contributed by atoms with Gasteiger partial charge in [0.05, 0.1) is 6.26 Å². The molecule has 0 aliphatic rings. The Morgan fingerprint density at radius 3 is 2.85 bits per heavy atom. The van der Waals surface area contributed by atoms with Gasteiger partial charge < -0.3 is 8.83 Å². The molecule has 3 nitrogen and oxygen atoms in total. The standard InChI is InChI=1S/C16H11NO2S/c1-10-12-4-2-3-5-14(12)19-15(10)13-9-20-16(17-13)11-6-7-18-8-11/h2-9H,1H3. The number of hydrogen-bond donors (Lipinski definition) is 0. The van der Waals surface area contributed by atoms with Gasteiger partial charge in [-0.25, -0.2) is 4.98 Å². The predicted molar refractivity (Wildman–Crippen MR) is 79.8 cm³/mol. The Hall–Kier alpha value is -2.33. The molecule has 0 radical (unpaired) electrons. The zero-order valence-corrected chi connectivity index (χ0v) is 11.6. The third-order valence-corrected chi connectivity index (χ3v) is 4.24. The van der Waals surface area contributed by atoms with Crippen molar-refractivity contribution in [2.24, 2.45) is 0 Å². The van der Waals surface area contributed by atoms with E-state index in [1.165, 1.54) is 0 Å². The first kappa shape index (κ1) is 11.5. The van der Waals surface area contributed by atoms with Gasteiger partial charge in [-0.1, -0.05) is 18.2 Å². The number of furan rings is 2. The number of para-hydroxylation sites is 1. The van der Waals surface area contributed by atoms with Gasteiger partial charge >= 0.3 is 0 Å². The van der Waals surface area contributed by atoms with Crippen LogP contribution in [-0.4, -0.2) is 4.98 Å². The van der Waals surface area contributed by atoms with Gasteiger partial charge in [-0.3, -0.25) is 0 Å². The summed E-state index contributed by atoms with van der Waals surface area (Å²) in [4.78, 5) is 4.64. The normalized spacial score (nSPS) is 11.2. The van der Waals surface area contributed by atoms with Gasteiger partial charge in [-0.2, -0.15) is 0 Å². The van der Waals surface area contributed by atoms with Gasteiger partial charge in [0.25, 0.3) is 0 Å². The minimum Gasteiger partial charge on any atom is -0.472 e. The Labute approximate surface area is 119 Å². The zero-order chi connectivity index (χ0) is 13.5. The summed E-state index contributed by atoms with van der Waals surface area (Å²) in [5.74, 6) is 0.845. The third-order valence-electron chi connectivity index (χ3n) is 3.35. The minimum absolute atomic E-state index is 0.845. The lowest BCUT2D eigenvalue weighted by molar-refractivity contribution is 0.568. The lowest BCUT2D eigenvalue weighted by Gasteiger charge is -1.92. The number of nitrogens with zero attached hydrogens (tertiary/aromatic N) is 1. The quantitative estimate of drug-likeness (QED) is 0.511.